The second-order valence-electron chi connectivity index (χ2n) is 2.73. The molecule has 1 aromatic rings. The molecular formula is C10H13BrO2. The van der Waals surface area contributed by atoms with Crippen LogP contribution in [0.2, 0.25) is 0 Å². The first-order valence-electron chi connectivity index (χ1n) is 4.05. The first-order chi connectivity index (χ1) is 6.27. The topological polar surface area (TPSA) is 18.5 Å². The summed E-state index contributed by atoms with van der Waals surface area (Å²) in [5.74, 6) is 0. The highest BCUT2D eigenvalue weighted by atomic mass is 79.9. The van der Waals surface area contributed by atoms with E-state index in [-0.39, 0.29) is 6.10 Å². The molecule has 0 aliphatic carbocycles. The molecular weight excluding hydrogens is 232 g/mol. The molecule has 0 heterocycles. The lowest BCUT2D eigenvalue weighted by molar-refractivity contribution is 0.0275. The predicted molar refractivity (Wildman–Crippen MR) is 55.8 cm³/mol. The highest BCUT2D eigenvalue weighted by Crippen LogP contribution is 2.19. The van der Waals surface area contributed by atoms with Gasteiger partial charge in [0.15, 0.2) is 0 Å². The summed E-state index contributed by atoms with van der Waals surface area (Å²) in [6.45, 7) is 0.581. The Bertz CT molecular complexity index is 246. The van der Waals surface area contributed by atoms with E-state index in [0.717, 1.165) is 10.0 Å². The third-order valence-electron chi connectivity index (χ3n) is 1.84. The van der Waals surface area contributed by atoms with E-state index >= 15 is 0 Å². The van der Waals surface area contributed by atoms with E-state index in [4.69, 9.17) is 9.47 Å². The van der Waals surface area contributed by atoms with Crippen molar-refractivity contribution in [3.05, 3.63) is 34.3 Å². The van der Waals surface area contributed by atoms with Gasteiger partial charge in [-0.1, -0.05) is 28.1 Å². The number of hydrogen-bond donors (Lipinski definition) is 0. The standard InChI is InChI=1S/C10H13BrO2/c1-12-7-10(13-2)8-3-5-9(11)6-4-8/h3-6,10H,7H2,1-2H3/t10-/m0/s1. The molecule has 0 spiro atoms. The van der Waals surface area contributed by atoms with Gasteiger partial charge in [-0.25, -0.2) is 0 Å². The van der Waals surface area contributed by atoms with E-state index in [0.29, 0.717) is 6.61 Å². The summed E-state index contributed by atoms with van der Waals surface area (Å²) in [7, 11) is 3.36. The Kier molecular flexibility index (Phi) is 4.42. The van der Waals surface area contributed by atoms with Crippen molar-refractivity contribution >= 4 is 15.9 Å². The maximum absolute atomic E-state index is 5.28. The minimum Gasteiger partial charge on any atom is -0.382 e. The zero-order valence-corrected chi connectivity index (χ0v) is 9.37. The monoisotopic (exact) mass is 244 g/mol. The van der Waals surface area contributed by atoms with E-state index < -0.39 is 0 Å². The van der Waals surface area contributed by atoms with Crippen LogP contribution >= 0.6 is 15.9 Å². The lowest BCUT2D eigenvalue weighted by Crippen LogP contribution is -2.07. The van der Waals surface area contributed by atoms with Gasteiger partial charge in [-0.15, -0.1) is 0 Å². The van der Waals surface area contributed by atoms with Crippen molar-refractivity contribution < 1.29 is 9.47 Å². The Balaban J connectivity index is 2.73. The smallest absolute Gasteiger partial charge is 0.105 e. The maximum Gasteiger partial charge on any atom is 0.105 e. The van der Waals surface area contributed by atoms with Crippen LogP contribution in [-0.2, 0) is 9.47 Å². The fraction of sp³-hybridized carbons (Fsp3) is 0.400. The largest absolute Gasteiger partial charge is 0.382 e. The van der Waals surface area contributed by atoms with Gasteiger partial charge in [0.05, 0.1) is 6.61 Å². The molecule has 0 aliphatic heterocycles. The van der Waals surface area contributed by atoms with E-state index in [1.807, 2.05) is 24.3 Å². The van der Waals surface area contributed by atoms with Crippen molar-refractivity contribution in [1.29, 1.82) is 0 Å². The van der Waals surface area contributed by atoms with Gasteiger partial charge in [0.1, 0.15) is 6.10 Å². The van der Waals surface area contributed by atoms with Gasteiger partial charge in [0.2, 0.25) is 0 Å². The molecule has 0 aliphatic rings. The van der Waals surface area contributed by atoms with Crippen LogP contribution in [0.25, 0.3) is 0 Å². The van der Waals surface area contributed by atoms with Crippen LogP contribution < -0.4 is 0 Å². The average Bonchev–Trinajstić information content (AvgIpc) is 2.16. The quantitative estimate of drug-likeness (QED) is 0.812. The SMILES string of the molecule is COC[C@H](OC)c1ccc(Br)cc1. The zero-order chi connectivity index (χ0) is 9.68. The van der Waals surface area contributed by atoms with Crippen LogP contribution in [0.3, 0.4) is 0 Å². The molecule has 1 aromatic carbocycles. The minimum atomic E-state index is 0.0260. The Morgan fingerprint density at radius 2 is 1.85 bits per heavy atom. The number of rotatable bonds is 4. The fourth-order valence-corrected chi connectivity index (χ4v) is 1.39. The Labute approximate surface area is 87.0 Å². The summed E-state index contributed by atoms with van der Waals surface area (Å²) in [6.07, 6.45) is 0.0260. The summed E-state index contributed by atoms with van der Waals surface area (Å²) in [4.78, 5) is 0. The molecule has 0 radical (unpaired) electrons. The minimum absolute atomic E-state index is 0.0260. The molecule has 0 aromatic heterocycles. The molecule has 0 saturated carbocycles. The third kappa shape index (κ3) is 3.10. The summed E-state index contributed by atoms with van der Waals surface area (Å²) in [6, 6.07) is 8.04. The van der Waals surface area contributed by atoms with Gasteiger partial charge in [-0.05, 0) is 17.7 Å². The normalized spacial score (nSPS) is 12.8. The zero-order valence-electron chi connectivity index (χ0n) is 7.79. The van der Waals surface area contributed by atoms with E-state index in [2.05, 4.69) is 15.9 Å². The van der Waals surface area contributed by atoms with E-state index in [9.17, 15) is 0 Å². The van der Waals surface area contributed by atoms with Gasteiger partial charge in [-0.2, -0.15) is 0 Å². The Morgan fingerprint density at radius 1 is 1.23 bits per heavy atom. The highest BCUT2D eigenvalue weighted by Gasteiger charge is 2.08. The molecule has 72 valence electrons. The fourth-order valence-electron chi connectivity index (χ4n) is 1.13. The number of benzene rings is 1. The van der Waals surface area contributed by atoms with Gasteiger partial charge < -0.3 is 9.47 Å². The lowest BCUT2D eigenvalue weighted by Gasteiger charge is -2.14. The molecule has 0 amide bonds. The number of hydrogen-bond acceptors (Lipinski definition) is 2. The van der Waals surface area contributed by atoms with Gasteiger partial charge in [0, 0.05) is 18.7 Å². The number of halogens is 1. The first kappa shape index (κ1) is 10.7. The molecule has 0 fully saturated rings. The van der Waals surface area contributed by atoms with Gasteiger partial charge in [-0.3, -0.25) is 0 Å². The molecule has 0 bridgehead atoms. The van der Waals surface area contributed by atoms with Crippen LogP contribution in [-0.4, -0.2) is 20.8 Å². The van der Waals surface area contributed by atoms with Crippen LogP contribution in [0.4, 0.5) is 0 Å². The molecule has 0 unspecified atom stereocenters. The molecule has 0 saturated heterocycles. The van der Waals surface area contributed by atoms with Gasteiger partial charge >= 0.3 is 0 Å². The highest BCUT2D eigenvalue weighted by molar-refractivity contribution is 9.10. The second kappa shape index (κ2) is 5.37. The summed E-state index contributed by atoms with van der Waals surface area (Å²) >= 11 is 3.38. The maximum atomic E-state index is 5.28. The number of methoxy groups -OCH3 is 2. The summed E-state index contributed by atoms with van der Waals surface area (Å²) in [5.41, 5.74) is 1.13. The van der Waals surface area contributed by atoms with Crippen molar-refractivity contribution in [2.75, 3.05) is 20.8 Å². The molecule has 3 heteroatoms. The number of ether oxygens (including phenoxy) is 2. The average molecular weight is 245 g/mol. The molecule has 2 nitrogen and oxygen atoms in total. The predicted octanol–water partition coefficient (Wildman–Crippen LogP) is 2.78. The van der Waals surface area contributed by atoms with Crippen molar-refractivity contribution in [3.8, 4) is 0 Å². The Morgan fingerprint density at radius 3 is 2.31 bits per heavy atom. The molecule has 0 N–H and O–H groups in total. The van der Waals surface area contributed by atoms with Crippen molar-refractivity contribution in [2.45, 2.75) is 6.10 Å². The van der Waals surface area contributed by atoms with Crippen LogP contribution in [0.15, 0.2) is 28.7 Å². The third-order valence-corrected chi connectivity index (χ3v) is 2.37. The Hall–Kier alpha value is -0.380. The molecule has 1 atom stereocenters. The van der Waals surface area contributed by atoms with Crippen LogP contribution in [0.5, 0.6) is 0 Å². The summed E-state index contributed by atoms with van der Waals surface area (Å²) in [5, 5.41) is 0. The van der Waals surface area contributed by atoms with Gasteiger partial charge in [0.25, 0.3) is 0 Å². The molecule has 13 heavy (non-hydrogen) atoms. The van der Waals surface area contributed by atoms with Crippen molar-refractivity contribution in [1.82, 2.24) is 0 Å². The lowest BCUT2D eigenvalue weighted by atomic mass is 10.1. The summed E-state index contributed by atoms with van der Waals surface area (Å²) < 4.78 is 11.4. The van der Waals surface area contributed by atoms with E-state index in [1.54, 1.807) is 14.2 Å². The van der Waals surface area contributed by atoms with E-state index in [1.165, 1.54) is 0 Å². The van der Waals surface area contributed by atoms with Crippen molar-refractivity contribution in [2.24, 2.45) is 0 Å². The second-order valence-corrected chi connectivity index (χ2v) is 3.65. The van der Waals surface area contributed by atoms with Crippen LogP contribution in [0, 0.1) is 0 Å². The first-order valence-corrected chi connectivity index (χ1v) is 4.84. The molecule has 1 rings (SSSR count). The van der Waals surface area contributed by atoms with Crippen LogP contribution in [0.1, 0.15) is 11.7 Å². The van der Waals surface area contributed by atoms with Crippen molar-refractivity contribution in [3.63, 3.8) is 0 Å².